The molecule has 3 atom stereocenters. The molecule has 0 spiro atoms. The van der Waals surface area contributed by atoms with Crippen molar-refractivity contribution in [2.75, 3.05) is 0 Å². The Morgan fingerprint density at radius 2 is 2.05 bits per heavy atom. The van der Waals surface area contributed by atoms with Gasteiger partial charge in [-0.1, -0.05) is 33.3 Å². The fourth-order valence-electron chi connectivity index (χ4n) is 3.53. The molecule has 3 unspecified atom stereocenters. The first-order chi connectivity index (χ1) is 9.45. The van der Waals surface area contributed by atoms with Crippen molar-refractivity contribution in [3.63, 3.8) is 0 Å². The molecule has 0 amide bonds. The second kappa shape index (κ2) is 7.09. The van der Waals surface area contributed by atoms with Crippen LogP contribution < -0.4 is 5.32 Å². The van der Waals surface area contributed by atoms with Crippen LogP contribution in [-0.4, -0.2) is 12.1 Å². The highest BCUT2D eigenvalue weighted by atomic mass is 32.1. The lowest BCUT2D eigenvalue weighted by Gasteiger charge is -2.30. The minimum atomic E-state index is 0.484. The highest BCUT2D eigenvalue weighted by Gasteiger charge is 2.28. The predicted molar refractivity (Wildman–Crippen MR) is 90.4 cm³/mol. The summed E-state index contributed by atoms with van der Waals surface area (Å²) in [5, 5.41) is 6.06. The quantitative estimate of drug-likeness (QED) is 0.746. The summed E-state index contributed by atoms with van der Waals surface area (Å²) in [6.45, 7) is 9.56. The third-order valence-corrected chi connectivity index (χ3v) is 5.70. The van der Waals surface area contributed by atoms with Crippen molar-refractivity contribution in [3.8, 4) is 0 Å². The van der Waals surface area contributed by atoms with E-state index >= 15 is 0 Å². The molecule has 114 valence electrons. The fourth-order valence-corrected chi connectivity index (χ4v) is 4.36. The van der Waals surface area contributed by atoms with Crippen LogP contribution in [0.1, 0.15) is 64.7 Å². The summed E-state index contributed by atoms with van der Waals surface area (Å²) in [6.07, 6.45) is 8.11. The van der Waals surface area contributed by atoms with E-state index in [-0.39, 0.29) is 0 Å². The lowest BCUT2D eigenvalue weighted by Crippen LogP contribution is -2.37. The van der Waals surface area contributed by atoms with E-state index in [9.17, 15) is 0 Å². The molecule has 0 bridgehead atoms. The summed E-state index contributed by atoms with van der Waals surface area (Å²) in [6, 6.07) is 5.75. The molecule has 0 radical (unpaired) electrons. The molecular weight excluding hydrogens is 262 g/mol. The molecule has 1 N–H and O–H groups in total. The number of hydrogen-bond acceptors (Lipinski definition) is 2. The largest absolute Gasteiger partial charge is 0.311 e. The van der Waals surface area contributed by atoms with Gasteiger partial charge in [-0.3, -0.25) is 0 Å². The van der Waals surface area contributed by atoms with Crippen LogP contribution in [0.2, 0.25) is 0 Å². The number of hydrogen-bond donors (Lipinski definition) is 1. The zero-order valence-electron chi connectivity index (χ0n) is 13.6. The zero-order valence-corrected chi connectivity index (χ0v) is 14.4. The van der Waals surface area contributed by atoms with E-state index in [1.54, 1.807) is 0 Å². The van der Waals surface area contributed by atoms with Crippen LogP contribution in [-0.2, 0) is 6.42 Å². The molecule has 0 aromatic carbocycles. The molecule has 1 heterocycles. The van der Waals surface area contributed by atoms with E-state index in [4.69, 9.17) is 0 Å². The number of nitrogens with one attached hydrogen (secondary N) is 1. The molecule has 2 heteroatoms. The van der Waals surface area contributed by atoms with Gasteiger partial charge < -0.3 is 5.32 Å². The Bertz CT molecular complexity index is 377. The van der Waals surface area contributed by atoms with Gasteiger partial charge in [0, 0.05) is 17.0 Å². The van der Waals surface area contributed by atoms with Gasteiger partial charge in [-0.25, -0.2) is 0 Å². The average molecular weight is 294 g/mol. The maximum atomic E-state index is 3.88. The molecule has 1 aliphatic carbocycles. The van der Waals surface area contributed by atoms with Crippen molar-refractivity contribution in [1.82, 2.24) is 5.32 Å². The third-order valence-electron chi connectivity index (χ3n) is 4.80. The first-order valence-electron chi connectivity index (χ1n) is 8.23. The Morgan fingerprint density at radius 3 is 2.70 bits per heavy atom. The van der Waals surface area contributed by atoms with Gasteiger partial charge in [0.1, 0.15) is 0 Å². The lowest BCUT2D eigenvalue weighted by molar-refractivity contribution is 0.213. The summed E-state index contributed by atoms with van der Waals surface area (Å²) < 4.78 is 0. The zero-order chi connectivity index (χ0) is 14.6. The van der Waals surface area contributed by atoms with Crippen LogP contribution in [0.15, 0.2) is 17.5 Å². The van der Waals surface area contributed by atoms with Gasteiger partial charge in [-0.2, -0.15) is 0 Å². The molecule has 1 aromatic heterocycles. The molecule has 1 aliphatic rings. The molecule has 2 rings (SSSR count). The third kappa shape index (κ3) is 4.89. The van der Waals surface area contributed by atoms with Crippen LogP contribution in [0.4, 0.5) is 0 Å². The smallest absolute Gasteiger partial charge is 0.00896 e. The van der Waals surface area contributed by atoms with E-state index in [0.717, 1.165) is 12.0 Å². The van der Waals surface area contributed by atoms with Gasteiger partial charge in [0.05, 0.1) is 0 Å². The lowest BCUT2D eigenvalue weighted by atomic mass is 9.76. The summed E-state index contributed by atoms with van der Waals surface area (Å²) in [4.78, 5) is 1.51. The number of rotatable bonds is 4. The van der Waals surface area contributed by atoms with E-state index < -0.39 is 0 Å². The van der Waals surface area contributed by atoms with Crippen molar-refractivity contribution in [2.24, 2.45) is 11.3 Å². The maximum Gasteiger partial charge on any atom is 0.00896 e. The summed E-state index contributed by atoms with van der Waals surface area (Å²) in [5.74, 6) is 0.905. The van der Waals surface area contributed by atoms with E-state index in [1.165, 1.54) is 43.4 Å². The average Bonchev–Trinajstić information content (AvgIpc) is 2.72. The Balaban J connectivity index is 1.79. The predicted octanol–water partition coefficient (Wildman–Crippen LogP) is 5.26. The van der Waals surface area contributed by atoms with Gasteiger partial charge >= 0.3 is 0 Å². The van der Waals surface area contributed by atoms with E-state index in [2.05, 4.69) is 50.5 Å². The van der Waals surface area contributed by atoms with Gasteiger partial charge in [0.2, 0.25) is 0 Å². The minimum Gasteiger partial charge on any atom is -0.311 e. The van der Waals surface area contributed by atoms with E-state index in [1.807, 2.05) is 11.3 Å². The molecular formula is C18H31NS. The molecule has 20 heavy (non-hydrogen) atoms. The Morgan fingerprint density at radius 1 is 1.25 bits per heavy atom. The summed E-state index contributed by atoms with van der Waals surface area (Å²) >= 11 is 1.88. The molecule has 0 aliphatic heterocycles. The van der Waals surface area contributed by atoms with Crippen LogP contribution in [0.25, 0.3) is 0 Å². The first kappa shape index (κ1) is 16.0. The van der Waals surface area contributed by atoms with Gasteiger partial charge in [-0.05, 0) is 61.8 Å². The van der Waals surface area contributed by atoms with Crippen molar-refractivity contribution in [1.29, 1.82) is 0 Å². The summed E-state index contributed by atoms with van der Waals surface area (Å²) in [7, 11) is 0. The molecule has 1 fully saturated rings. The van der Waals surface area contributed by atoms with Crippen molar-refractivity contribution < 1.29 is 0 Å². The van der Waals surface area contributed by atoms with Crippen LogP contribution >= 0.6 is 11.3 Å². The van der Waals surface area contributed by atoms with E-state index in [0.29, 0.717) is 11.5 Å². The topological polar surface area (TPSA) is 12.0 Å². The standard InChI is InChI=1S/C18H31NS/c1-14(13-17-9-6-12-20-17)19-16-8-5-7-15(10-11-16)18(2,3)4/h6,9,12,14-16,19H,5,7-8,10-11,13H2,1-4H3. The highest BCUT2D eigenvalue weighted by Crippen LogP contribution is 2.36. The van der Waals surface area contributed by atoms with Crippen LogP contribution in [0.5, 0.6) is 0 Å². The fraction of sp³-hybridized carbons (Fsp3) is 0.778. The maximum absolute atomic E-state index is 3.88. The van der Waals surface area contributed by atoms with Crippen molar-refractivity contribution in [2.45, 2.75) is 78.3 Å². The number of thiophene rings is 1. The second-order valence-corrected chi connectivity index (χ2v) is 8.65. The van der Waals surface area contributed by atoms with Gasteiger partial charge in [0.25, 0.3) is 0 Å². The monoisotopic (exact) mass is 293 g/mol. The molecule has 1 saturated carbocycles. The Hall–Kier alpha value is -0.340. The second-order valence-electron chi connectivity index (χ2n) is 7.62. The Kier molecular flexibility index (Phi) is 5.68. The molecule has 1 nitrogen and oxygen atoms in total. The van der Waals surface area contributed by atoms with Crippen molar-refractivity contribution in [3.05, 3.63) is 22.4 Å². The van der Waals surface area contributed by atoms with Crippen molar-refractivity contribution >= 4 is 11.3 Å². The minimum absolute atomic E-state index is 0.484. The first-order valence-corrected chi connectivity index (χ1v) is 9.11. The highest BCUT2D eigenvalue weighted by molar-refractivity contribution is 7.09. The SMILES string of the molecule is CC(Cc1cccs1)NC1CCCC(C(C)(C)C)CC1. The Labute approximate surface area is 129 Å². The molecule has 0 saturated heterocycles. The van der Waals surface area contributed by atoms with Gasteiger partial charge in [0.15, 0.2) is 0 Å². The van der Waals surface area contributed by atoms with Crippen LogP contribution in [0.3, 0.4) is 0 Å². The molecule has 1 aromatic rings. The van der Waals surface area contributed by atoms with Gasteiger partial charge in [-0.15, -0.1) is 11.3 Å². The van der Waals surface area contributed by atoms with Crippen LogP contribution in [0, 0.1) is 11.3 Å². The normalized spacial score (nSPS) is 26.2. The summed E-state index contributed by atoms with van der Waals surface area (Å²) in [5.41, 5.74) is 0.484.